The molecule has 0 saturated carbocycles. The normalized spacial score (nSPS) is 20.4. The Kier molecular flexibility index (Phi) is 14.0. The van der Waals surface area contributed by atoms with Gasteiger partial charge in [-0.15, -0.1) is 0 Å². The van der Waals surface area contributed by atoms with E-state index in [4.69, 9.17) is 37.9 Å². The number of hydrogen-bond acceptors (Lipinski definition) is 14. The Morgan fingerprint density at radius 3 is 1.95 bits per heavy atom. The average molecular weight is 843 g/mol. The van der Waals surface area contributed by atoms with Gasteiger partial charge in [-0.2, -0.15) is 0 Å². The maximum absolute atomic E-state index is 13.0. The molecule has 2 saturated heterocycles. The predicted octanol–water partition coefficient (Wildman–Crippen LogP) is 6.16. The van der Waals surface area contributed by atoms with E-state index >= 15 is 0 Å². The van der Waals surface area contributed by atoms with Gasteiger partial charge in [0.1, 0.15) is 23.9 Å². The molecule has 0 N–H and O–H groups in total. The Morgan fingerprint density at radius 1 is 0.754 bits per heavy atom. The number of hydrogen-bond donors (Lipinski definition) is 0. The van der Waals surface area contributed by atoms with Gasteiger partial charge in [0.05, 0.1) is 18.2 Å². The summed E-state index contributed by atoms with van der Waals surface area (Å²) in [6, 6.07) is 20.7. The van der Waals surface area contributed by atoms with Gasteiger partial charge in [-0.3, -0.25) is 24.1 Å². The molecule has 0 radical (unpaired) electrons. The summed E-state index contributed by atoms with van der Waals surface area (Å²) in [6.45, 7) is 15.0. The van der Waals surface area contributed by atoms with E-state index in [9.17, 15) is 24.0 Å². The minimum Gasteiger partial charge on any atom is -0.492 e. The minimum atomic E-state index is -1.61. The number of carbonyl (C=O) groups is 5. The number of aryl methyl sites for hydroxylation is 1. The molecule has 5 atom stereocenters. The van der Waals surface area contributed by atoms with Crippen LogP contribution in [0.15, 0.2) is 66.7 Å². The molecule has 4 aromatic rings. The highest BCUT2D eigenvalue weighted by molar-refractivity contribution is 5.93. The van der Waals surface area contributed by atoms with Gasteiger partial charge in [0.15, 0.2) is 18.3 Å². The van der Waals surface area contributed by atoms with Crippen molar-refractivity contribution in [2.75, 3.05) is 33.4 Å². The maximum Gasteiger partial charge on any atom is 0.339 e. The van der Waals surface area contributed by atoms with Crippen molar-refractivity contribution in [2.24, 2.45) is 5.41 Å². The van der Waals surface area contributed by atoms with Crippen molar-refractivity contribution < 1.29 is 61.9 Å². The van der Waals surface area contributed by atoms with E-state index in [2.05, 4.69) is 9.47 Å². The molecule has 15 nitrogen and oxygen atoms in total. The van der Waals surface area contributed by atoms with Crippen LogP contribution in [0.1, 0.15) is 65.5 Å². The van der Waals surface area contributed by atoms with Crippen molar-refractivity contribution in [1.82, 2.24) is 9.47 Å². The van der Waals surface area contributed by atoms with Crippen LogP contribution in [-0.2, 0) is 54.2 Å². The molecule has 1 aromatic heterocycles. The van der Waals surface area contributed by atoms with Gasteiger partial charge < -0.3 is 42.5 Å². The molecule has 15 heteroatoms. The number of rotatable bonds is 14. The number of ether oxygens (including phenoxy) is 8. The third kappa shape index (κ3) is 10.9. The van der Waals surface area contributed by atoms with Crippen LogP contribution < -0.4 is 14.2 Å². The van der Waals surface area contributed by atoms with E-state index in [0.29, 0.717) is 18.9 Å². The van der Waals surface area contributed by atoms with E-state index < -0.39 is 60.0 Å². The number of benzene rings is 3. The first-order valence-corrected chi connectivity index (χ1v) is 20.3. The lowest BCUT2D eigenvalue weighted by atomic mass is 9.97. The van der Waals surface area contributed by atoms with Gasteiger partial charge in [-0.1, -0.05) is 12.1 Å². The molecule has 2 aliphatic heterocycles. The predicted molar refractivity (Wildman–Crippen MR) is 222 cm³/mol. The lowest BCUT2D eigenvalue weighted by molar-refractivity contribution is -0.282. The van der Waals surface area contributed by atoms with Crippen LogP contribution in [-0.4, -0.2) is 103 Å². The Bertz CT molecular complexity index is 2220. The van der Waals surface area contributed by atoms with E-state index in [1.54, 1.807) is 45.0 Å². The van der Waals surface area contributed by atoms with Crippen molar-refractivity contribution in [2.45, 2.75) is 98.6 Å². The second kappa shape index (κ2) is 19.2. The van der Waals surface area contributed by atoms with Crippen molar-refractivity contribution >= 4 is 40.7 Å². The fraction of sp³-hybridized carbons (Fsp3) is 0.457. The number of aromatic nitrogens is 1. The van der Waals surface area contributed by atoms with Crippen LogP contribution in [0.3, 0.4) is 0 Å². The number of esters is 5. The van der Waals surface area contributed by atoms with Crippen LogP contribution in [0.4, 0.5) is 0 Å². The fourth-order valence-corrected chi connectivity index (χ4v) is 7.53. The standard InChI is InChI=1S/C46H54N2O13/c1-27-36-25-35(59-44-42(58-30(4)51)40(57-29(3)50)39(56-28(2)49)41(61-44)43(52)54-8)19-20-37(36)48(38(27)32-13-17-34(18-14-32)60-45(53)46(5,6)7)26-31-11-15-33(16-12-31)55-24-23-47-21-9-10-22-47/h11-20,25,39-42,44H,9-10,21-24,26H2,1-8H3/t39-,40-,41-,42+,44+/m0/s1. The number of fused-ring (bicyclic) bond motifs is 1. The number of carbonyl (C=O) groups excluding carboxylic acids is 5. The maximum atomic E-state index is 13.0. The molecule has 3 heterocycles. The average Bonchev–Trinajstić information content (AvgIpc) is 3.82. The first-order chi connectivity index (χ1) is 29.0. The van der Waals surface area contributed by atoms with Crippen LogP contribution >= 0.6 is 0 Å². The highest BCUT2D eigenvalue weighted by Crippen LogP contribution is 2.38. The summed E-state index contributed by atoms with van der Waals surface area (Å²) in [5, 5.41) is 0.802. The quantitative estimate of drug-likeness (QED) is 0.0804. The summed E-state index contributed by atoms with van der Waals surface area (Å²) >= 11 is 0. The summed E-state index contributed by atoms with van der Waals surface area (Å²) in [5.74, 6) is -2.19. The number of likely N-dealkylation sites (tertiary alicyclic amines) is 1. The van der Waals surface area contributed by atoms with Crippen LogP contribution in [0, 0.1) is 12.3 Å². The van der Waals surface area contributed by atoms with Gasteiger partial charge in [-0.05, 0) is 125 Å². The SMILES string of the molecule is COC(=O)[C@H]1O[C@@H](Oc2ccc3c(c2)c(C)c(-c2ccc(OC(=O)C(C)(C)C)cc2)n3Cc2ccc(OCCN3CCCC3)cc2)[C@H](OC(C)=O)[C@@H](OC(C)=O)[C@@H]1OC(C)=O. The van der Waals surface area contributed by atoms with Crippen LogP contribution in [0.2, 0.25) is 0 Å². The van der Waals surface area contributed by atoms with Gasteiger partial charge in [0.25, 0.3) is 0 Å². The Balaban J connectivity index is 1.36. The first kappa shape index (κ1) is 44.6. The lowest BCUT2D eigenvalue weighted by Crippen LogP contribution is -2.64. The molecule has 6 rings (SSSR count). The van der Waals surface area contributed by atoms with E-state index in [0.717, 1.165) is 86.6 Å². The smallest absolute Gasteiger partial charge is 0.339 e. The second-order valence-electron chi connectivity index (χ2n) is 16.2. The van der Waals surface area contributed by atoms with E-state index in [1.165, 1.54) is 12.8 Å². The molecular weight excluding hydrogens is 789 g/mol. The van der Waals surface area contributed by atoms with E-state index in [-0.39, 0.29) is 11.7 Å². The van der Waals surface area contributed by atoms with Crippen molar-refractivity contribution in [3.63, 3.8) is 0 Å². The zero-order valence-corrected chi connectivity index (χ0v) is 35.9. The molecule has 326 valence electrons. The third-order valence-electron chi connectivity index (χ3n) is 10.5. The molecule has 3 aromatic carbocycles. The number of methoxy groups -OCH3 is 1. The molecule has 0 spiro atoms. The molecule has 0 unspecified atom stereocenters. The van der Waals surface area contributed by atoms with Crippen molar-refractivity contribution in [3.8, 4) is 28.5 Å². The Hall–Kier alpha value is -5.93. The summed E-state index contributed by atoms with van der Waals surface area (Å²) in [7, 11) is 1.12. The highest BCUT2D eigenvalue weighted by Gasteiger charge is 2.56. The van der Waals surface area contributed by atoms with Gasteiger partial charge in [0.2, 0.25) is 12.4 Å². The lowest BCUT2D eigenvalue weighted by Gasteiger charge is -2.43. The van der Waals surface area contributed by atoms with E-state index in [1.807, 2.05) is 49.4 Å². The van der Waals surface area contributed by atoms with Gasteiger partial charge in [-0.25, -0.2) is 4.79 Å². The summed E-state index contributed by atoms with van der Waals surface area (Å²) in [6.07, 6.45) is -5.18. The Labute approximate surface area is 355 Å². The Morgan fingerprint density at radius 2 is 1.34 bits per heavy atom. The fourth-order valence-electron chi connectivity index (χ4n) is 7.53. The third-order valence-corrected chi connectivity index (χ3v) is 10.5. The highest BCUT2D eigenvalue weighted by atomic mass is 16.7. The second-order valence-corrected chi connectivity index (χ2v) is 16.2. The first-order valence-electron chi connectivity index (χ1n) is 20.3. The zero-order chi connectivity index (χ0) is 44.0. The molecule has 61 heavy (non-hydrogen) atoms. The van der Waals surface area contributed by atoms with Gasteiger partial charge in [0, 0.05) is 44.8 Å². The molecule has 0 aliphatic carbocycles. The molecular formula is C46H54N2O13. The number of nitrogens with zero attached hydrogens (tertiary/aromatic N) is 2. The van der Waals surface area contributed by atoms with Gasteiger partial charge >= 0.3 is 29.8 Å². The molecule has 0 bridgehead atoms. The molecule has 2 aliphatic rings. The summed E-state index contributed by atoms with van der Waals surface area (Å²) in [4.78, 5) is 65.0. The van der Waals surface area contributed by atoms with Crippen LogP contribution in [0.5, 0.6) is 17.2 Å². The van der Waals surface area contributed by atoms with Crippen LogP contribution in [0.25, 0.3) is 22.2 Å². The largest absolute Gasteiger partial charge is 0.492 e. The topological polar surface area (TPSA) is 167 Å². The monoisotopic (exact) mass is 842 g/mol. The molecule has 2 fully saturated rings. The zero-order valence-electron chi connectivity index (χ0n) is 35.9. The minimum absolute atomic E-state index is 0.262. The molecule has 0 amide bonds. The summed E-state index contributed by atoms with van der Waals surface area (Å²) in [5.41, 5.74) is 3.85. The van der Waals surface area contributed by atoms with Crippen molar-refractivity contribution in [1.29, 1.82) is 0 Å². The van der Waals surface area contributed by atoms with Crippen molar-refractivity contribution in [3.05, 3.63) is 77.9 Å². The summed E-state index contributed by atoms with van der Waals surface area (Å²) < 4.78 is 47.7.